The van der Waals surface area contributed by atoms with Gasteiger partial charge in [0.1, 0.15) is 0 Å². The molecule has 0 aliphatic carbocycles. The van der Waals surface area contributed by atoms with Crippen molar-refractivity contribution in [2.45, 2.75) is 32.4 Å². The zero-order valence-corrected chi connectivity index (χ0v) is 10.9. The maximum atomic E-state index is 11.6. The smallest absolute Gasteiger partial charge is 0.250 e. The summed E-state index contributed by atoms with van der Waals surface area (Å²) in [5.74, 6) is 0.778. The quantitative estimate of drug-likeness (QED) is 0.876. The van der Waals surface area contributed by atoms with Crippen molar-refractivity contribution in [2.75, 3.05) is 25.0 Å². The van der Waals surface area contributed by atoms with E-state index in [2.05, 4.69) is 10.2 Å². The number of aromatic nitrogens is 1. The van der Waals surface area contributed by atoms with E-state index in [0.717, 1.165) is 18.2 Å². The molecule has 3 unspecified atom stereocenters. The average Bonchev–Trinajstić information content (AvgIpc) is 2.78. The number of hydrogen-bond donors (Lipinski definition) is 1. The predicted octanol–water partition coefficient (Wildman–Crippen LogP) is 1.37. The van der Waals surface area contributed by atoms with Gasteiger partial charge in [-0.1, -0.05) is 0 Å². The largest absolute Gasteiger partial charge is 0.381 e. The molecule has 0 amide bonds. The van der Waals surface area contributed by atoms with Gasteiger partial charge in [-0.2, -0.15) is 0 Å². The van der Waals surface area contributed by atoms with Gasteiger partial charge in [-0.15, -0.1) is 0 Å². The monoisotopic (exact) mass is 247 g/mol. The number of rotatable bonds is 3. The molecule has 3 rings (SSSR count). The first kappa shape index (κ1) is 11.8. The highest BCUT2D eigenvalue weighted by Gasteiger charge is 2.34. The highest BCUT2D eigenvalue weighted by molar-refractivity contribution is 5.41. The van der Waals surface area contributed by atoms with E-state index in [9.17, 15) is 4.79 Å². The minimum atomic E-state index is 0.0822. The number of aryl methyl sites for hydroxylation is 1. The fourth-order valence-electron chi connectivity index (χ4n) is 3.22. The molecule has 2 saturated heterocycles. The first-order valence-corrected chi connectivity index (χ1v) is 6.95. The molecule has 2 fully saturated rings. The number of anilines is 1. The Morgan fingerprint density at radius 2 is 2.17 bits per heavy atom. The lowest BCUT2D eigenvalue weighted by molar-refractivity contribution is 0.255. The second-order valence-corrected chi connectivity index (χ2v) is 5.43. The molecule has 1 N–H and O–H groups in total. The van der Waals surface area contributed by atoms with Gasteiger partial charge in [-0.05, 0) is 38.3 Å². The molecule has 0 aromatic carbocycles. The fourth-order valence-corrected chi connectivity index (χ4v) is 3.22. The number of nitrogens with one attached hydrogen (secondary N) is 1. The van der Waals surface area contributed by atoms with Crippen LogP contribution < -0.4 is 10.9 Å². The van der Waals surface area contributed by atoms with Crippen LogP contribution in [0.2, 0.25) is 0 Å². The number of nitrogens with zero attached hydrogens (tertiary/aromatic N) is 2. The van der Waals surface area contributed by atoms with Gasteiger partial charge in [0.2, 0.25) is 0 Å². The van der Waals surface area contributed by atoms with Gasteiger partial charge in [0, 0.05) is 37.9 Å². The van der Waals surface area contributed by atoms with Crippen LogP contribution in [0.15, 0.2) is 23.1 Å². The molecule has 3 atom stereocenters. The van der Waals surface area contributed by atoms with Crippen molar-refractivity contribution in [1.29, 1.82) is 0 Å². The van der Waals surface area contributed by atoms with Crippen LogP contribution in [-0.4, -0.2) is 35.1 Å². The Labute approximate surface area is 108 Å². The standard InChI is InChI=1S/C14H21N3O/c1-2-17-10-12(3-4-14(17)18)15-13-6-8-16-7-5-11(13)9-16/h3-4,10-11,13,15H,2,5-9H2,1H3. The molecule has 2 aliphatic rings. The van der Waals surface area contributed by atoms with E-state index in [-0.39, 0.29) is 5.56 Å². The third kappa shape index (κ3) is 2.17. The van der Waals surface area contributed by atoms with Crippen molar-refractivity contribution in [3.8, 4) is 0 Å². The topological polar surface area (TPSA) is 37.3 Å². The summed E-state index contributed by atoms with van der Waals surface area (Å²) in [5, 5.41) is 3.62. The van der Waals surface area contributed by atoms with E-state index in [1.807, 2.05) is 19.2 Å². The first-order chi connectivity index (χ1) is 8.76. The molecule has 2 bridgehead atoms. The molecule has 1 aromatic heterocycles. The maximum absolute atomic E-state index is 11.6. The Hall–Kier alpha value is -1.29. The highest BCUT2D eigenvalue weighted by atomic mass is 16.1. The van der Waals surface area contributed by atoms with Crippen LogP contribution in [0.1, 0.15) is 19.8 Å². The van der Waals surface area contributed by atoms with Gasteiger partial charge in [-0.3, -0.25) is 4.79 Å². The number of pyridine rings is 1. The summed E-state index contributed by atoms with van der Waals surface area (Å²) in [5.41, 5.74) is 1.17. The molecule has 18 heavy (non-hydrogen) atoms. The average molecular weight is 247 g/mol. The van der Waals surface area contributed by atoms with Crippen LogP contribution in [0, 0.1) is 5.92 Å². The van der Waals surface area contributed by atoms with Crippen LogP contribution in [0.25, 0.3) is 0 Å². The minimum absolute atomic E-state index is 0.0822. The van der Waals surface area contributed by atoms with Crippen molar-refractivity contribution in [2.24, 2.45) is 5.92 Å². The highest BCUT2D eigenvalue weighted by Crippen LogP contribution is 2.29. The number of piperidine rings is 1. The summed E-state index contributed by atoms with van der Waals surface area (Å²) in [6.07, 6.45) is 4.48. The van der Waals surface area contributed by atoms with Crippen molar-refractivity contribution in [3.63, 3.8) is 0 Å². The minimum Gasteiger partial charge on any atom is -0.381 e. The predicted molar refractivity (Wildman–Crippen MR) is 73.0 cm³/mol. The number of fused-ring (bicyclic) bond motifs is 2. The summed E-state index contributed by atoms with van der Waals surface area (Å²) in [6, 6.07) is 4.15. The molecule has 2 aliphatic heterocycles. The molecule has 3 heterocycles. The summed E-state index contributed by atoms with van der Waals surface area (Å²) in [6.45, 7) is 6.45. The van der Waals surface area contributed by atoms with E-state index >= 15 is 0 Å². The maximum Gasteiger partial charge on any atom is 0.250 e. The first-order valence-electron chi connectivity index (χ1n) is 6.95. The van der Waals surface area contributed by atoms with Gasteiger partial charge in [0.15, 0.2) is 0 Å². The van der Waals surface area contributed by atoms with Crippen LogP contribution in [0.3, 0.4) is 0 Å². The third-order valence-electron chi connectivity index (χ3n) is 4.31. The van der Waals surface area contributed by atoms with Crippen LogP contribution in [0.5, 0.6) is 0 Å². The molecule has 4 nitrogen and oxygen atoms in total. The Morgan fingerprint density at radius 1 is 1.33 bits per heavy atom. The van der Waals surface area contributed by atoms with Crippen molar-refractivity contribution >= 4 is 5.69 Å². The normalized spacial score (nSPS) is 30.4. The molecule has 0 radical (unpaired) electrons. The Morgan fingerprint density at radius 3 is 3.00 bits per heavy atom. The van der Waals surface area contributed by atoms with Gasteiger partial charge in [0.05, 0.1) is 5.69 Å². The van der Waals surface area contributed by atoms with Gasteiger partial charge < -0.3 is 14.8 Å². The fraction of sp³-hybridized carbons (Fsp3) is 0.643. The summed E-state index contributed by atoms with van der Waals surface area (Å²) in [7, 11) is 0. The summed E-state index contributed by atoms with van der Waals surface area (Å²) < 4.78 is 1.76. The van der Waals surface area contributed by atoms with Gasteiger partial charge in [-0.25, -0.2) is 0 Å². The lowest BCUT2D eigenvalue weighted by Gasteiger charge is -2.31. The van der Waals surface area contributed by atoms with Gasteiger partial charge >= 0.3 is 0 Å². The second-order valence-electron chi connectivity index (χ2n) is 5.43. The van der Waals surface area contributed by atoms with E-state index in [1.54, 1.807) is 10.6 Å². The van der Waals surface area contributed by atoms with Crippen molar-refractivity contribution in [3.05, 3.63) is 28.7 Å². The van der Waals surface area contributed by atoms with Crippen molar-refractivity contribution < 1.29 is 0 Å². The zero-order chi connectivity index (χ0) is 12.5. The van der Waals surface area contributed by atoms with Gasteiger partial charge in [0.25, 0.3) is 5.56 Å². The van der Waals surface area contributed by atoms with Crippen LogP contribution in [-0.2, 0) is 6.54 Å². The molecule has 4 heteroatoms. The molecular formula is C14H21N3O. The van der Waals surface area contributed by atoms with E-state index in [1.165, 1.54) is 32.5 Å². The third-order valence-corrected chi connectivity index (χ3v) is 4.31. The Kier molecular flexibility index (Phi) is 3.12. The van der Waals surface area contributed by atoms with E-state index in [0.29, 0.717) is 6.04 Å². The zero-order valence-electron chi connectivity index (χ0n) is 10.9. The Balaban J connectivity index is 1.74. The lowest BCUT2D eigenvalue weighted by atomic mass is 9.94. The molecular weight excluding hydrogens is 226 g/mol. The summed E-state index contributed by atoms with van der Waals surface area (Å²) >= 11 is 0. The van der Waals surface area contributed by atoms with E-state index in [4.69, 9.17) is 0 Å². The van der Waals surface area contributed by atoms with Crippen molar-refractivity contribution in [1.82, 2.24) is 9.47 Å². The number of hydrogen-bond acceptors (Lipinski definition) is 3. The molecule has 0 saturated carbocycles. The molecule has 0 spiro atoms. The van der Waals surface area contributed by atoms with Crippen LogP contribution >= 0.6 is 0 Å². The molecule has 1 aromatic rings. The van der Waals surface area contributed by atoms with Crippen LogP contribution in [0.4, 0.5) is 5.69 Å². The second kappa shape index (κ2) is 4.76. The SMILES string of the molecule is CCn1cc(NC2CCN3CCC2C3)ccc1=O. The van der Waals surface area contributed by atoms with E-state index < -0.39 is 0 Å². The molecule has 98 valence electrons. The summed E-state index contributed by atoms with van der Waals surface area (Å²) in [4.78, 5) is 14.1. The lowest BCUT2D eigenvalue weighted by Crippen LogP contribution is -2.39. The Bertz CT molecular complexity index is 482.